The Labute approximate surface area is 127 Å². The molecule has 0 unspecified atom stereocenters. The smallest absolute Gasteiger partial charge is 0.147 e. The lowest BCUT2D eigenvalue weighted by molar-refractivity contribution is 0.668. The zero-order valence-electron chi connectivity index (χ0n) is 9.91. The average molecular weight is 391 g/mol. The quantitative estimate of drug-likeness (QED) is 0.776. The minimum Gasteiger partial charge on any atom is -0.310 e. The Morgan fingerprint density at radius 1 is 1.17 bits per heavy atom. The van der Waals surface area contributed by atoms with Crippen molar-refractivity contribution in [3.05, 3.63) is 32.2 Å². The van der Waals surface area contributed by atoms with Crippen LogP contribution in [0.25, 0.3) is 10.6 Å². The van der Waals surface area contributed by atoms with Crippen molar-refractivity contribution in [1.29, 1.82) is 0 Å². The minimum atomic E-state index is 0.792. The molecule has 0 aliphatic rings. The molecule has 0 aliphatic heterocycles. The summed E-state index contributed by atoms with van der Waals surface area (Å²) < 4.78 is 2.07. The van der Waals surface area contributed by atoms with E-state index in [-0.39, 0.29) is 0 Å². The van der Waals surface area contributed by atoms with Crippen LogP contribution in [-0.2, 0) is 6.54 Å². The van der Waals surface area contributed by atoms with Crippen molar-refractivity contribution < 1.29 is 0 Å². The molecule has 18 heavy (non-hydrogen) atoms. The number of rotatable bonds is 5. The van der Waals surface area contributed by atoms with Gasteiger partial charge in [-0.2, -0.15) is 0 Å². The second kappa shape index (κ2) is 6.75. The maximum atomic E-state index is 4.23. The highest BCUT2D eigenvalue weighted by Crippen LogP contribution is 2.29. The summed E-state index contributed by atoms with van der Waals surface area (Å²) in [6, 6.07) is 6.11. The highest BCUT2D eigenvalue weighted by Gasteiger charge is 2.07. The first-order valence-corrected chi connectivity index (χ1v) is 8.09. The van der Waals surface area contributed by atoms with Gasteiger partial charge in [0, 0.05) is 21.1 Å². The van der Waals surface area contributed by atoms with Crippen LogP contribution in [0.2, 0.25) is 0 Å². The molecular formula is C12H13Br2N3S. The monoisotopic (exact) mass is 389 g/mol. The lowest BCUT2D eigenvalue weighted by Crippen LogP contribution is -2.13. The third-order valence-electron chi connectivity index (χ3n) is 2.28. The molecule has 1 aromatic heterocycles. The van der Waals surface area contributed by atoms with Crippen LogP contribution >= 0.6 is 43.2 Å². The van der Waals surface area contributed by atoms with Crippen molar-refractivity contribution in [3.8, 4) is 10.6 Å². The molecule has 1 aromatic carbocycles. The maximum absolute atomic E-state index is 4.23. The average Bonchev–Trinajstić information content (AvgIpc) is 2.77. The van der Waals surface area contributed by atoms with E-state index in [9.17, 15) is 0 Å². The number of aromatic nitrogens is 2. The van der Waals surface area contributed by atoms with Crippen LogP contribution in [-0.4, -0.2) is 16.7 Å². The molecule has 0 saturated carbocycles. The van der Waals surface area contributed by atoms with Gasteiger partial charge in [-0.25, -0.2) is 0 Å². The van der Waals surface area contributed by atoms with Gasteiger partial charge in [0.25, 0.3) is 0 Å². The van der Waals surface area contributed by atoms with E-state index in [4.69, 9.17) is 0 Å². The van der Waals surface area contributed by atoms with E-state index in [2.05, 4.69) is 66.4 Å². The second-order valence-corrected chi connectivity index (χ2v) is 6.73. The maximum Gasteiger partial charge on any atom is 0.147 e. The molecular weight excluding hydrogens is 378 g/mol. The van der Waals surface area contributed by atoms with E-state index >= 15 is 0 Å². The Morgan fingerprint density at radius 3 is 2.56 bits per heavy atom. The molecule has 96 valence electrons. The number of benzene rings is 1. The van der Waals surface area contributed by atoms with E-state index in [0.29, 0.717) is 0 Å². The summed E-state index contributed by atoms with van der Waals surface area (Å²) in [5.41, 5.74) is 1.08. The van der Waals surface area contributed by atoms with Crippen LogP contribution in [0.4, 0.5) is 0 Å². The molecule has 0 radical (unpaired) electrons. The summed E-state index contributed by atoms with van der Waals surface area (Å²) in [5, 5.41) is 13.7. The molecule has 2 rings (SSSR count). The Bertz CT molecular complexity index is 508. The van der Waals surface area contributed by atoms with Gasteiger partial charge in [-0.3, -0.25) is 0 Å². The molecule has 3 nitrogen and oxygen atoms in total. The van der Waals surface area contributed by atoms with Crippen LogP contribution in [0.15, 0.2) is 27.1 Å². The second-order valence-electron chi connectivity index (χ2n) is 3.84. The molecule has 2 aromatic rings. The van der Waals surface area contributed by atoms with Crippen LogP contribution in [0.3, 0.4) is 0 Å². The van der Waals surface area contributed by atoms with Gasteiger partial charge in [-0.15, -0.1) is 10.2 Å². The first kappa shape index (κ1) is 14.1. The van der Waals surface area contributed by atoms with Gasteiger partial charge in [0.2, 0.25) is 0 Å². The summed E-state index contributed by atoms with van der Waals surface area (Å²) in [6.45, 7) is 3.95. The molecule has 1 heterocycles. The third kappa shape index (κ3) is 3.85. The van der Waals surface area contributed by atoms with E-state index in [1.165, 1.54) is 0 Å². The van der Waals surface area contributed by atoms with Crippen molar-refractivity contribution in [3.63, 3.8) is 0 Å². The number of hydrogen-bond acceptors (Lipinski definition) is 4. The molecule has 0 bridgehead atoms. The SMILES string of the molecule is CCCNCc1nnc(-c2cc(Br)cc(Br)c2)s1. The molecule has 0 atom stereocenters. The topological polar surface area (TPSA) is 37.8 Å². The molecule has 0 aliphatic carbocycles. The molecule has 0 amide bonds. The fraction of sp³-hybridized carbons (Fsp3) is 0.333. The fourth-order valence-electron chi connectivity index (χ4n) is 1.49. The standard InChI is InChI=1S/C12H13Br2N3S/c1-2-3-15-7-11-16-17-12(18-11)8-4-9(13)6-10(14)5-8/h4-6,15H,2-3,7H2,1H3. The van der Waals surface area contributed by atoms with Crippen molar-refractivity contribution in [2.75, 3.05) is 6.54 Å². The fourth-order valence-corrected chi connectivity index (χ4v) is 3.58. The number of nitrogens with zero attached hydrogens (tertiary/aromatic N) is 2. The molecule has 0 saturated heterocycles. The number of nitrogens with one attached hydrogen (secondary N) is 1. The zero-order chi connectivity index (χ0) is 13.0. The summed E-state index contributed by atoms with van der Waals surface area (Å²) in [6.07, 6.45) is 1.13. The van der Waals surface area contributed by atoms with Gasteiger partial charge in [0.05, 0.1) is 0 Å². The molecule has 6 heteroatoms. The Hall–Kier alpha value is -0.300. The van der Waals surface area contributed by atoms with Crippen molar-refractivity contribution >= 4 is 43.2 Å². The van der Waals surface area contributed by atoms with Gasteiger partial charge in [-0.05, 0) is 31.2 Å². The molecule has 0 spiro atoms. The molecule has 1 N–H and O–H groups in total. The number of hydrogen-bond donors (Lipinski definition) is 1. The predicted molar refractivity (Wildman–Crippen MR) is 82.7 cm³/mol. The normalized spacial score (nSPS) is 10.8. The van der Waals surface area contributed by atoms with Gasteiger partial charge in [-0.1, -0.05) is 50.1 Å². The predicted octanol–water partition coefficient (Wildman–Crippen LogP) is 4.23. The van der Waals surface area contributed by atoms with Crippen LogP contribution in [0.5, 0.6) is 0 Å². The Kier molecular flexibility index (Phi) is 5.29. The zero-order valence-corrected chi connectivity index (χ0v) is 13.9. The summed E-state index contributed by atoms with van der Waals surface area (Å²) in [5.74, 6) is 0. The Morgan fingerprint density at radius 2 is 1.89 bits per heavy atom. The summed E-state index contributed by atoms with van der Waals surface area (Å²) >= 11 is 8.59. The number of halogens is 2. The highest BCUT2D eigenvalue weighted by molar-refractivity contribution is 9.11. The van der Waals surface area contributed by atoms with Gasteiger partial charge >= 0.3 is 0 Å². The summed E-state index contributed by atoms with van der Waals surface area (Å²) in [4.78, 5) is 0. The highest BCUT2D eigenvalue weighted by atomic mass is 79.9. The van der Waals surface area contributed by atoms with Crippen LogP contribution in [0.1, 0.15) is 18.4 Å². The van der Waals surface area contributed by atoms with Gasteiger partial charge in [0.15, 0.2) is 0 Å². The van der Waals surface area contributed by atoms with E-state index < -0.39 is 0 Å². The minimum absolute atomic E-state index is 0.792. The van der Waals surface area contributed by atoms with Crippen LogP contribution in [0, 0.1) is 0 Å². The lowest BCUT2D eigenvalue weighted by atomic mass is 10.2. The van der Waals surface area contributed by atoms with Crippen molar-refractivity contribution in [1.82, 2.24) is 15.5 Å². The summed E-state index contributed by atoms with van der Waals surface area (Å²) in [7, 11) is 0. The van der Waals surface area contributed by atoms with Crippen molar-refractivity contribution in [2.24, 2.45) is 0 Å². The third-order valence-corrected chi connectivity index (χ3v) is 4.17. The van der Waals surface area contributed by atoms with E-state index in [1.807, 2.05) is 6.07 Å². The Balaban J connectivity index is 2.13. The first-order valence-electron chi connectivity index (χ1n) is 5.68. The molecule has 0 fully saturated rings. The van der Waals surface area contributed by atoms with Gasteiger partial charge < -0.3 is 5.32 Å². The lowest BCUT2D eigenvalue weighted by Gasteiger charge is -1.99. The van der Waals surface area contributed by atoms with Crippen LogP contribution < -0.4 is 5.32 Å². The largest absolute Gasteiger partial charge is 0.310 e. The first-order chi connectivity index (χ1) is 8.69. The van der Waals surface area contributed by atoms with Crippen molar-refractivity contribution in [2.45, 2.75) is 19.9 Å². The van der Waals surface area contributed by atoms with E-state index in [0.717, 1.165) is 44.0 Å². The van der Waals surface area contributed by atoms with E-state index in [1.54, 1.807) is 11.3 Å². The van der Waals surface area contributed by atoms with Gasteiger partial charge in [0.1, 0.15) is 10.0 Å².